The number of H-pyrrole nitrogens is 1. The molecule has 1 heterocycles. The number of hydrogen-bond donors (Lipinski definition) is 3. The van der Waals surface area contributed by atoms with Gasteiger partial charge >= 0.3 is 0 Å². The molecular weight excluding hydrogens is 218 g/mol. The fraction of sp³-hybridized carbons (Fsp3) is 0.727. The van der Waals surface area contributed by atoms with Gasteiger partial charge in [0, 0.05) is 18.5 Å². The van der Waals surface area contributed by atoms with E-state index in [1.54, 1.807) is 0 Å². The number of aromatic nitrogens is 3. The second-order valence-corrected chi connectivity index (χ2v) is 4.88. The lowest BCUT2D eigenvalue weighted by atomic mass is 10.0. The molecule has 1 fully saturated rings. The summed E-state index contributed by atoms with van der Waals surface area (Å²) in [7, 11) is 0. The highest BCUT2D eigenvalue weighted by molar-refractivity contribution is 5.90. The Morgan fingerprint density at radius 2 is 2.29 bits per heavy atom. The van der Waals surface area contributed by atoms with E-state index in [9.17, 15) is 4.79 Å². The fourth-order valence-corrected chi connectivity index (χ4v) is 1.65. The molecule has 0 radical (unpaired) electrons. The SMILES string of the molecule is CC(C)C(CN)NC(=O)c1n[nH]c(C2CC2)n1. The molecule has 6 heteroatoms. The first-order valence-corrected chi connectivity index (χ1v) is 6.05. The van der Waals surface area contributed by atoms with Crippen molar-refractivity contribution in [2.24, 2.45) is 11.7 Å². The van der Waals surface area contributed by atoms with Crippen molar-refractivity contribution >= 4 is 5.91 Å². The normalized spacial score (nSPS) is 17.2. The van der Waals surface area contributed by atoms with Gasteiger partial charge in [0.15, 0.2) is 0 Å². The maximum atomic E-state index is 11.9. The minimum absolute atomic E-state index is 0.0367. The van der Waals surface area contributed by atoms with E-state index in [4.69, 9.17) is 5.73 Å². The van der Waals surface area contributed by atoms with Crippen LogP contribution in [0.4, 0.5) is 0 Å². The van der Waals surface area contributed by atoms with Crippen molar-refractivity contribution in [2.75, 3.05) is 6.54 Å². The van der Waals surface area contributed by atoms with Gasteiger partial charge in [-0.3, -0.25) is 9.89 Å². The first-order valence-electron chi connectivity index (χ1n) is 6.05. The molecule has 2 rings (SSSR count). The molecule has 1 unspecified atom stereocenters. The molecule has 1 aromatic heterocycles. The van der Waals surface area contributed by atoms with Crippen LogP contribution in [-0.4, -0.2) is 33.7 Å². The Morgan fingerprint density at radius 1 is 1.59 bits per heavy atom. The molecule has 1 aliphatic carbocycles. The number of aromatic amines is 1. The van der Waals surface area contributed by atoms with Crippen molar-refractivity contribution in [3.63, 3.8) is 0 Å². The smallest absolute Gasteiger partial charge is 0.291 e. The van der Waals surface area contributed by atoms with Gasteiger partial charge in [0.1, 0.15) is 5.82 Å². The van der Waals surface area contributed by atoms with Gasteiger partial charge in [0.25, 0.3) is 5.91 Å². The topological polar surface area (TPSA) is 96.7 Å². The number of hydrogen-bond acceptors (Lipinski definition) is 4. The first-order chi connectivity index (χ1) is 8.11. The highest BCUT2D eigenvalue weighted by Gasteiger charge is 2.28. The number of nitrogens with zero attached hydrogens (tertiary/aromatic N) is 2. The Hall–Kier alpha value is -1.43. The maximum Gasteiger partial charge on any atom is 0.291 e. The average Bonchev–Trinajstić information content (AvgIpc) is 3.03. The zero-order valence-corrected chi connectivity index (χ0v) is 10.2. The number of carbonyl (C=O) groups is 1. The first kappa shape index (κ1) is 12.0. The third kappa shape index (κ3) is 2.82. The van der Waals surface area contributed by atoms with E-state index in [0.29, 0.717) is 18.4 Å². The van der Waals surface area contributed by atoms with Crippen molar-refractivity contribution in [2.45, 2.75) is 38.6 Å². The van der Waals surface area contributed by atoms with Crippen molar-refractivity contribution < 1.29 is 4.79 Å². The van der Waals surface area contributed by atoms with E-state index < -0.39 is 0 Å². The van der Waals surface area contributed by atoms with Gasteiger partial charge in [-0.15, -0.1) is 5.10 Å². The number of nitrogens with one attached hydrogen (secondary N) is 2. The van der Waals surface area contributed by atoms with Crippen molar-refractivity contribution in [1.82, 2.24) is 20.5 Å². The Morgan fingerprint density at radius 3 is 2.82 bits per heavy atom. The van der Waals surface area contributed by atoms with Crippen LogP contribution in [0.25, 0.3) is 0 Å². The summed E-state index contributed by atoms with van der Waals surface area (Å²) in [5, 5.41) is 9.60. The minimum atomic E-state index is -0.252. The molecule has 4 N–H and O–H groups in total. The van der Waals surface area contributed by atoms with E-state index >= 15 is 0 Å². The summed E-state index contributed by atoms with van der Waals surface area (Å²) in [5.41, 5.74) is 5.60. The maximum absolute atomic E-state index is 11.9. The van der Waals surface area contributed by atoms with E-state index in [0.717, 1.165) is 18.7 Å². The van der Waals surface area contributed by atoms with E-state index in [1.165, 1.54) is 0 Å². The van der Waals surface area contributed by atoms with Gasteiger partial charge in [-0.2, -0.15) is 0 Å². The molecule has 17 heavy (non-hydrogen) atoms. The van der Waals surface area contributed by atoms with Crippen LogP contribution in [0.15, 0.2) is 0 Å². The number of nitrogens with two attached hydrogens (primary N) is 1. The van der Waals surface area contributed by atoms with Crippen LogP contribution in [0.2, 0.25) is 0 Å². The van der Waals surface area contributed by atoms with Gasteiger partial charge in [-0.05, 0) is 18.8 Å². The second kappa shape index (κ2) is 4.83. The van der Waals surface area contributed by atoms with E-state index in [1.807, 2.05) is 13.8 Å². The van der Waals surface area contributed by atoms with Gasteiger partial charge < -0.3 is 11.1 Å². The fourth-order valence-electron chi connectivity index (χ4n) is 1.65. The van der Waals surface area contributed by atoms with Gasteiger partial charge in [0.05, 0.1) is 0 Å². The van der Waals surface area contributed by atoms with Crippen LogP contribution in [0, 0.1) is 5.92 Å². The average molecular weight is 237 g/mol. The molecule has 1 aromatic rings. The summed E-state index contributed by atoms with van der Waals surface area (Å²) in [6.45, 7) is 4.46. The number of amides is 1. The Kier molecular flexibility index (Phi) is 3.42. The molecule has 0 saturated heterocycles. The monoisotopic (exact) mass is 237 g/mol. The summed E-state index contributed by atoms with van der Waals surface area (Å²) < 4.78 is 0. The van der Waals surface area contributed by atoms with Crippen LogP contribution in [0.1, 0.15) is 49.1 Å². The molecule has 6 nitrogen and oxygen atoms in total. The van der Waals surface area contributed by atoms with Gasteiger partial charge in [-0.25, -0.2) is 4.98 Å². The lowest BCUT2D eigenvalue weighted by Crippen LogP contribution is -2.44. The largest absolute Gasteiger partial charge is 0.345 e. The summed E-state index contributed by atoms with van der Waals surface area (Å²) in [6, 6.07) is -0.0367. The standard InChI is InChI=1S/C11H19N5O/c1-6(2)8(5-12)13-11(17)10-14-9(15-16-10)7-3-4-7/h6-8H,3-5,12H2,1-2H3,(H,13,17)(H,14,15,16). The third-order valence-electron chi connectivity index (χ3n) is 3.05. The highest BCUT2D eigenvalue weighted by atomic mass is 16.2. The summed E-state index contributed by atoms with van der Waals surface area (Å²) in [5.74, 6) is 1.55. The Labute approximate surface area is 100 Å². The highest BCUT2D eigenvalue weighted by Crippen LogP contribution is 2.37. The Bertz CT molecular complexity index is 396. The summed E-state index contributed by atoms with van der Waals surface area (Å²) in [4.78, 5) is 16.1. The predicted molar refractivity (Wildman–Crippen MR) is 63.5 cm³/mol. The lowest BCUT2D eigenvalue weighted by Gasteiger charge is -2.19. The van der Waals surface area contributed by atoms with Crippen molar-refractivity contribution in [3.05, 3.63) is 11.6 Å². The molecule has 1 saturated carbocycles. The minimum Gasteiger partial charge on any atom is -0.345 e. The molecule has 1 aliphatic rings. The molecule has 94 valence electrons. The van der Waals surface area contributed by atoms with Crippen molar-refractivity contribution in [3.8, 4) is 0 Å². The number of carbonyl (C=O) groups excluding carboxylic acids is 1. The quantitative estimate of drug-likeness (QED) is 0.690. The molecule has 1 atom stereocenters. The molecule has 0 aromatic carbocycles. The van der Waals surface area contributed by atoms with Crippen LogP contribution in [-0.2, 0) is 0 Å². The van der Waals surface area contributed by atoms with Crippen LogP contribution in [0.5, 0.6) is 0 Å². The Balaban J connectivity index is 1.98. The number of rotatable bonds is 5. The molecule has 0 bridgehead atoms. The lowest BCUT2D eigenvalue weighted by molar-refractivity contribution is 0.0917. The van der Waals surface area contributed by atoms with Gasteiger partial charge in [0.2, 0.25) is 5.82 Å². The summed E-state index contributed by atoms with van der Waals surface area (Å²) in [6.07, 6.45) is 2.27. The van der Waals surface area contributed by atoms with Gasteiger partial charge in [-0.1, -0.05) is 13.8 Å². The second-order valence-electron chi connectivity index (χ2n) is 4.88. The molecular formula is C11H19N5O. The predicted octanol–water partition coefficient (Wildman–Crippen LogP) is 0.395. The van der Waals surface area contributed by atoms with Crippen LogP contribution in [0.3, 0.4) is 0 Å². The van der Waals surface area contributed by atoms with E-state index in [-0.39, 0.29) is 17.8 Å². The van der Waals surface area contributed by atoms with Crippen LogP contribution < -0.4 is 11.1 Å². The van der Waals surface area contributed by atoms with Crippen LogP contribution >= 0.6 is 0 Å². The zero-order valence-electron chi connectivity index (χ0n) is 10.2. The summed E-state index contributed by atoms with van der Waals surface area (Å²) >= 11 is 0. The molecule has 0 spiro atoms. The molecule has 1 amide bonds. The van der Waals surface area contributed by atoms with E-state index in [2.05, 4.69) is 20.5 Å². The van der Waals surface area contributed by atoms with Crippen molar-refractivity contribution in [1.29, 1.82) is 0 Å². The molecule has 0 aliphatic heterocycles. The third-order valence-corrected chi connectivity index (χ3v) is 3.05. The zero-order chi connectivity index (χ0) is 12.4.